The second kappa shape index (κ2) is 10.3. The predicted octanol–water partition coefficient (Wildman–Crippen LogP) is 3.73. The molecule has 0 aliphatic heterocycles. The van der Waals surface area contributed by atoms with Crippen molar-refractivity contribution in [2.24, 2.45) is 11.1 Å². The van der Waals surface area contributed by atoms with Gasteiger partial charge in [0.1, 0.15) is 5.82 Å². The second-order valence-electron chi connectivity index (χ2n) is 9.45. The molecule has 2 aromatic rings. The van der Waals surface area contributed by atoms with E-state index in [0.717, 1.165) is 0 Å². The molecule has 1 aromatic carbocycles. The van der Waals surface area contributed by atoms with E-state index < -0.39 is 35.1 Å². The minimum Gasteiger partial charge on any atom is -0.366 e. The molecule has 1 fully saturated rings. The zero-order chi connectivity index (χ0) is 26.0. The molecule has 0 spiro atoms. The summed E-state index contributed by atoms with van der Waals surface area (Å²) in [5, 5.41) is 2.76. The van der Waals surface area contributed by atoms with Gasteiger partial charge in [0.05, 0.1) is 11.0 Å². The van der Waals surface area contributed by atoms with Crippen LogP contribution in [0.3, 0.4) is 0 Å². The minimum absolute atomic E-state index is 0.0183. The van der Waals surface area contributed by atoms with Crippen molar-refractivity contribution in [1.29, 1.82) is 0 Å². The largest absolute Gasteiger partial charge is 0.395 e. The average Bonchev–Trinajstić information content (AvgIpc) is 3.57. The van der Waals surface area contributed by atoms with E-state index in [0.29, 0.717) is 23.2 Å². The van der Waals surface area contributed by atoms with Crippen LogP contribution in [0.25, 0.3) is 0 Å². The first-order valence-corrected chi connectivity index (χ1v) is 11.3. The Balaban J connectivity index is 1.70. The van der Waals surface area contributed by atoms with E-state index in [1.807, 2.05) is 4.90 Å². The number of benzene rings is 1. The first-order valence-electron chi connectivity index (χ1n) is 11.3. The summed E-state index contributed by atoms with van der Waals surface area (Å²) in [6.45, 7) is 1.90. The monoisotopic (exact) mass is 494 g/mol. The van der Waals surface area contributed by atoms with Gasteiger partial charge in [-0.3, -0.25) is 14.6 Å². The van der Waals surface area contributed by atoms with Gasteiger partial charge in [0.25, 0.3) is 5.91 Å². The number of nitrogens with two attached hydrogens (primary N) is 1. The maximum Gasteiger partial charge on any atom is 0.395 e. The number of nitrogens with one attached hydrogen (secondary N) is 1. The number of hydrogen-bond acceptors (Lipinski definition) is 4. The highest BCUT2D eigenvalue weighted by Gasteiger charge is 2.67. The second-order valence-corrected chi connectivity index (χ2v) is 9.45. The lowest BCUT2D eigenvalue weighted by Crippen LogP contribution is -2.42. The summed E-state index contributed by atoms with van der Waals surface area (Å²) in [4.78, 5) is 30.0. The van der Waals surface area contributed by atoms with E-state index in [9.17, 15) is 27.2 Å². The van der Waals surface area contributed by atoms with Gasteiger partial charge in [-0.25, -0.2) is 4.39 Å². The van der Waals surface area contributed by atoms with Crippen molar-refractivity contribution in [1.82, 2.24) is 15.2 Å². The first-order chi connectivity index (χ1) is 16.3. The van der Waals surface area contributed by atoms with Crippen molar-refractivity contribution in [3.8, 4) is 0 Å². The Hall–Kier alpha value is -3.01. The molecule has 1 saturated carbocycles. The number of aryl methyl sites for hydroxylation is 1. The molecule has 0 saturated heterocycles. The molecule has 2 atom stereocenters. The van der Waals surface area contributed by atoms with Gasteiger partial charge < -0.3 is 16.0 Å². The van der Waals surface area contributed by atoms with Crippen LogP contribution in [0, 0.1) is 18.2 Å². The van der Waals surface area contributed by atoms with Crippen LogP contribution in [0.15, 0.2) is 36.5 Å². The van der Waals surface area contributed by atoms with Crippen LogP contribution in [0.5, 0.6) is 0 Å². The summed E-state index contributed by atoms with van der Waals surface area (Å²) in [7, 11) is 3.57. The standard InChI is InChI=1S/C25H30F4N4O2/c1-15-4-6-17(13-31-15)20(24(8-9-24)25(27,28)29)12-22(34)32-14-18(33(2)3)10-16-5-7-19(23(30)35)21(26)11-16/h4-7,11,13,18,20H,8-10,12,14H2,1-3H3,(H2,30,35)(H,32,34)/t18-,20-/m0/s1. The number of pyridine rings is 1. The smallest absolute Gasteiger partial charge is 0.366 e. The summed E-state index contributed by atoms with van der Waals surface area (Å²) in [6, 6.07) is 7.12. The molecule has 1 heterocycles. The van der Waals surface area contributed by atoms with Crippen molar-refractivity contribution in [2.75, 3.05) is 20.6 Å². The molecule has 1 aliphatic carbocycles. The number of likely N-dealkylation sites (N-methyl/N-ethyl adjacent to an activating group) is 1. The Kier molecular flexibility index (Phi) is 7.83. The number of nitrogens with zero attached hydrogens (tertiary/aromatic N) is 2. The van der Waals surface area contributed by atoms with Crippen molar-refractivity contribution in [3.63, 3.8) is 0 Å². The third-order valence-corrected chi connectivity index (χ3v) is 6.78. The Morgan fingerprint density at radius 3 is 2.37 bits per heavy atom. The summed E-state index contributed by atoms with van der Waals surface area (Å²) < 4.78 is 55.9. The Morgan fingerprint density at radius 1 is 1.20 bits per heavy atom. The number of halogens is 4. The zero-order valence-corrected chi connectivity index (χ0v) is 20.0. The van der Waals surface area contributed by atoms with Gasteiger partial charge in [-0.2, -0.15) is 13.2 Å². The number of amides is 2. The lowest BCUT2D eigenvalue weighted by atomic mass is 9.80. The van der Waals surface area contributed by atoms with Crippen LogP contribution in [-0.4, -0.2) is 54.6 Å². The van der Waals surface area contributed by atoms with E-state index in [1.165, 1.54) is 18.3 Å². The molecule has 2 amide bonds. The van der Waals surface area contributed by atoms with Crippen LogP contribution in [-0.2, 0) is 11.2 Å². The van der Waals surface area contributed by atoms with Gasteiger partial charge in [0, 0.05) is 36.8 Å². The third kappa shape index (κ3) is 6.17. The number of rotatable bonds is 10. The molecule has 10 heteroatoms. The molecule has 3 rings (SSSR count). The zero-order valence-electron chi connectivity index (χ0n) is 20.0. The summed E-state index contributed by atoms with van der Waals surface area (Å²) in [5.41, 5.74) is 4.69. The SMILES string of the molecule is Cc1ccc([C@H](CC(=O)NC[C@H](Cc2ccc(C(N)=O)c(F)c2)N(C)C)C2(C(F)(F)F)CC2)cn1. The van der Waals surface area contributed by atoms with E-state index in [-0.39, 0.29) is 37.4 Å². The van der Waals surface area contributed by atoms with Crippen molar-refractivity contribution in [2.45, 2.75) is 50.7 Å². The van der Waals surface area contributed by atoms with Gasteiger partial charge in [0.15, 0.2) is 0 Å². The fraction of sp³-hybridized carbons (Fsp3) is 0.480. The molecule has 35 heavy (non-hydrogen) atoms. The Labute approximate surface area is 201 Å². The molecule has 1 aliphatic rings. The van der Waals surface area contributed by atoms with Crippen molar-refractivity contribution in [3.05, 3.63) is 64.7 Å². The molecule has 0 bridgehead atoms. The number of hydrogen-bond donors (Lipinski definition) is 2. The minimum atomic E-state index is -4.42. The molecule has 190 valence electrons. The van der Waals surface area contributed by atoms with E-state index in [2.05, 4.69) is 10.3 Å². The van der Waals surface area contributed by atoms with Gasteiger partial charge >= 0.3 is 6.18 Å². The first kappa shape index (κ1) is 26.6. The molecule has 1 aromatic heterocycles. The van der Waals surface area contributed by atoms with E-state index >= 15 is 0 Å². The summed E-state index contributed by atoms with van der Waals surface area (Å²) in [5.74, 6) is -3.11. The van der Waals surface area contributed by atoms with Gasteiger partial charge in [-0.15, -0.1) is 0 Å². The van der Waals surface area contributed by atoms with Crippen LogP contribution < -0.4 is 11.1 Å². The Bertz CT molecular complexity index is 1070. The lowest BCUT2D eigenvalue weighted by molar-refractivity contribution is -0.194. The van der Waals surface area contributed by atoms with Crippen molar-refractivity contribution >= 4 is 11.8 Å². The van der Waals surface area contributed by atoms with Crippen LogP contribution in [0.1, 0.15) is 52.4 Å². The number of carbonyl (C=O) groups excluding carboxylic acids is 2. The molecule has 0 unspecified atom stereocenters. The summed E-state index contributed by atoms with van der Waals surface area (Å²) in [6.07, 6.45) is -3.00. The van der Waals surface area contributed by atoms with Crippen LogP contribution in [0.4, 0.5) is 17.6 Å². The van der Waals surface area contributed by atoms with Gasteiger partial charge in [0.2, 0.25) is 5.91 Å². The third-order valence-electron chi connectivity index (χ3n) is 6.78. The number of carbonyl (C=O) groups is 2. The highest BCUT2D eigenvalue weighted by molar-refractivity contribution is 5.93. The Morgan fingerprint density at radius 2 is 1.89 bits per heavy atom. The maximum absolute atomic E-state index is 14.1. The van der Waals surface area contributed by atoms with E-state index in [1.54, 1.807) is 39.2 Å². The fourth-order valence-electron chi connectivity index (χ4n) is 4.37. The molecule has 3 N–H and O–H groups in total. The normalized spacial score (nSPS) is 16.6. The predicted molar refractivity (Wildman–Crippen MR) is 123 cm³/mol. The lowest BCUT2D eigenvalue weighted by Gasteiger charge is -2.30. The highest BCUT2D eigenvalue weighted by atomic mass is 19.4. The molecule has 0 radical (unpaired) electrons. The molecular formula is C25H30F4N4O2. The molecular weight excluding hydrogens is 464 g/mol. The molecule has 6 nitrogen and oxygen atoms in total. The van der Waals surface area contributed by atoms with Crippen LogP contribution >= 0.6 is 0 Å². The summed E-state index contributed by atoms with van der Waals surface area (Å²) >= 11 is 0. The van der Waals surface area contributed by atoms with E-state index in [4.69, 9.17) is 5.73 Å². The quantitative estimate of drug-likeness (QED) is 0.493. The topological polar surface area (TPSA) is 88.3 Å². The number of alkyl halides is 3. The number of primary amides is 1. The fourth-order valence-corrected chi connectivity index (χ4v) is 4.37. The maximum atomic E-state index is 14.1. The number of aromatic nitrogens is 1. The highest BCUT2D eigenvalue weighted by Crippen LogP contribution is 2.66. The average molecular weight is 495 g/mol. The van der Waals surface area contributed by atoms with Gasteiger partial charge in [-0.05, 0) is 69.6 Å². The van der Waals surface area contributed by atoms with Crippen LogP contribution in [0.2, 0.25) is 0 Å². The van der Waals surface area contributed by atoms with Crippen molar-refractivity contribution < 1.29 is 27.2 Å². The van der Waals surface area contributed by atoms with Gasteiger partial charge in [-0.1, -0.05) is 12.1 Å².